The molecule has 0 spiro atoms. The van der Waals surface area contributed by atoms with E-state index in [1.807, 2.05) is 12.1 Å². The minimum Gasteiger partial charge on any atom is -0.489 e. The van der Waals surface area contributed by atoms with Gasteiger partial charge < -0.3 is 4.74 Å². The number of ether oxygens (including phenoxy) is 1. The Kier molecular flexibility index (Phi) is 4.65. The summed E-state index contributed by atoms with van der Waals surface area (Å²) in [5, 5.41) is 0.611. The van der Waals surface area contributed by atoms with E-state index in [-0.39, 0.29) is 5.82 Å². The summed E-state index contributed by atoms with van der Waals surface area (Å²) in [6.07, 6.45) is 0. The zero-order valence-corrected chi connectivity index (χ0v) is 13.0. The van der Waals surface area contributed by atoms with Gasteiger partial charge in [-0.15, -0.1) is 0 Å². The van der Waals surface area contributed by atoms with Gasteiger partial charge in [0.1, 0.15) is 18.2 Å². The van der Waals surface area contributed by atoms with Crippen molar-refractivity contribution in [2.24, 2.45) is 0 Å². The molecule has 1 nitrogen and oxygen atoms in total. The lowest BCUT2D eigenvalue weighted by atomic mass is 10.2. The number of hydrogen-bond acceptors (Lipinski definition) is 1. The highest BCUT2D eigenvalue weighted by Gasteiger charge is 2.04. The summed E-state index contributed by atoms with van der Waals surface area (Å²) in [6, 6.07) is 9.95. The SMILES string of the molecule is Fc1cc(Br)cc(OCc2ccc(Br)cc2Cl)c1. The standard InChI is InChI=1S/C13H8Br2ClFO/c14-9-2-1-8(13(16)5-9)7-18-12-4-10(15)3-11(17)6-12/h1-6H,7H2. The third-order valence-electron chi connectivity index (χ3n) is 2.25. The van der Waals surface area contributed by atoms with Gasteiger partial charge in [-0.1, -0.05) is 49.5 Å². The number of benzene rings is 2. The first-order valence-corrected chi connectivity index (χ1v) is 7.04. The van der Waals surface area contributed by atoms with Crippen molar-refractivity contribution < 1.29 is 9.13 Å². The van der Waals surface area contributed by atoms with Crippen LogP contribution in [-0.4, -0.2) is 0 Å². The van der Waals surface area contributed by atoms with E-state index in [2.05, 4.69) is 31.9 Å². The molecule has 0 saturated carbocycles. The van der Waals surface area contributed by atoms with E-state index in [1.54, 1.807) is 12.1 Å². The van der Waals surface area contributed by atoms with E-state index in [9.17, 15) is 4.39 Å². The van der Waals surface area contributed by atoms with E-state index in [0.717, 1.165) is 10.0 Å². The summed E-state index contributed by atoms with van der Waals surface area (Å²) < 4.78 is 20.2. The van der Waals surface area contributed by atoms with Crippen LogP contribution in [0.3, 0.4) is 0 Å². The van der Waals surface area contributed by atoms with Gasteiger partial charge in [0.05, 0.1) is 0 Å². The fourth-order valence-electron chi connectivity index (χ4n) is 1.41. The Bertz CT molecular complexity index is 555. The molecule has 0 aliphatic rings. The first-order valence-electron chi connectivity index (χ1n) is 5.07. The number of rotatable bonds is 3. The third kappa shape index (κ3) is 3.70. The monoisotopic (exact) mass is 392 g/mol. The molecule has 2 aromatic carbocycles. The molecule has 94 valence electrons. The van der Waals surface area contributed by atoms with Gasteiger partial charge >= 0.3 is 0 Å². The summed E-state index contributed by atoms with van der Waals surface area (Å²) in [5.41, 5.74) is 0.847. The Balaban J connectivity index is 2.11. The fraction of sp³-hybridized carbons (Fsp3) is 0.0769. The molecule has 0 heterocycles. The topological polar surface area (TPSA) is 9.23 Å². The molecule has 2 aromatic rings. The van der Waals surface area contributed by atoms with Crippen LogP contribution < -0.4 is 4.74 Å². The minimum atomic E-state index is -0.346. The third-order valence-corrected chi connectivity index (χ3v) is 3.55. The molecule has 0 aliphatic heterocycles. The lowest BCUT2D eigenvalue weighted by Gasteiger charge is -2.08. The Labute approximate surface area is 126 Å². The maximum atomic E-state index is 13.1. The Hall–Kier alpha value is -0.580. The molecule has 5 heteroatoms. The molecular weight excluding hydrogens is 386 g/mol. The van der Waals surface area contributed by atoms with Crippen molar-refractivity contribution in [2.45, 2.75) is 6.61 Å². The van der Waals surface area contributed by atoms with Crippen LogP contribution in [0.2, 0.25) is 5.02 Å². The second kappa shape index (κ2) is 6.04. The molecule has 2 rings (SSSR count). The average molecular weight is 394 g/mol. The second-order valence-corrected chi connectivity index (χ2v) is 5.87. The van der Waals surface area contributed by atoms with Gasteiger partial charge in [-0.3, -0.25) is 0 Å². The van der Waals surface area contributed by atoms with Gasteiger partial charge in [-0.2, -0.15) is 0 Å². The van der Waals surface area contributed by atoms with Crippen molar-refractivity contribution in [3.8, 4) is 5.75 Å². The summed E-state index contributed by atoms with van der Waals surface area (Å²) >= 11 is 12.6. The maximum absolute atomic E-state index is 13.1. The van der Waals surface area contributed by atoms with Crippen LogP contribution in [0.1, 0.15) is 5.56 Å². The van der Waals surface area contributed by atoms with Crippen molar-refractivity contribution in [2.75, 3.05) is 0 Å². The number of hydrogen-bond donors (Lipinski definition) is 0. The highest BCUT2D eigenvalue weighted by atomic mass is 79.9. The van der Waals surface area contributed by atoms with E-state index < -0.39 is 0 Å². The molecule has 0 amide bonds. The molecule has 18 heavy (non-hydrogen) atoms. The van der Waals surface area contributed by atoms with Crippen LogP contribution in [-0.2, 0) is 6.61 Å². The molecule has 0 saturated heterocycles. The van der Waals surface area contributed by atoms with E-state index in [0.29, 0.717) is 21.9 Å². The molecule has 0 radical (unpaired) electrons. The minimum absolute atomic E-state index is 0.294. The van der Waals surface area contributed by atoms with Crippen molar-refractivity contribution in [1.29, 1.82) is 0 Å². The van der Waals surface area contributed by atoms with Gasteiger partial charge in [0, 0.05) is 25.6 Å². The molecule has 0 fully saturated rings. The summed E-state index contributed by atoms with van der Waals surface area (Å²) in [5.74, 6) is 0.113. The number of halogens is 4. The smallest absolute Gasteiger partial charge is 0.128 e. The van der Waals surface area contributed by atoms with Crippen molar-refractivity contribution in [3.63, 3.8) is 0 Å². The van der Waals surface area contributed by atoms with E-state index in [1.165, 1.54) is 12.1 Å². The van der Waals surface area contributed by atoms with Crippen LogP contribution in [0, 0.1) is 5.82 Å². The zero-order chi connectivity index (χ0) is 13.1. The Morgan fingerprint density at radius 2 is 1.83 bits per heavy atom. The van der Waals surface area contributed by atoms with Crippen LogP contribution in [0.5, 0.6) is 5.75 Å². The van der Waals surface area contributed by atoms with Crippen LogP contribution in [0.15, 0.2) is 45.3 Å². The van der Waals surface area contributed by atoms with Crippen LogP contribution in [0.25, 0.3) is 0 Å². The summed E-state index contributed by atoms with van der Waals surface area (Å²) in [4.78, 5) is 0. The quantitative estimate of drug-likeness (QED) is 0.660. The first-order chi connectivity index (χ1) is 8.54. The van der Waals surface area contributed by atoms with Gasteiger partial charge in [0.25, 0.3) is 0 Å². The highest BCUT2D eigenvalue weighted by Crippen LogP contribution is 2.25. The van der Waals surface area contributed by atoms with Gasteiger partial charge in [-0.05, 0) is 24.3 Å². The molecular formula is C13H8Br2ClFO. The average Bonchev–Trinajstić information content (AvgIpc) is 2.26. The first kappa shape index (κ1) is 13.8. The van der Waals surface area contributed by atoms with Crippen LogP contribution >= 0.6 is 43.5 Å². The van der Waals surface area contributed by atoms with Crippen molar-refractivity contribution in [3.05, 3.63) is 61.7 Å². The van der Waals surface area contributed by atoms with Crippen molar-refractivity contribution >= 4 is 43.5 Å². The molecule has 0 atom stereocenters. The normalized spacial score (nSPS) is 10.4. The molecule has 0 N–H and O–H groups in total. The van der Waals surface area contributed by atoms with Gasteiger partial charge in [0.15, 0.2) is 0 Å². The van der Waals surface area contributed by atoms with Gasteiger partial charge in [-0.25, -0.2) is 4.39 Å². The zero-order valence-electron chi connectivity index (χ0n) is 9.09. The Morgan fingerprint density at radius 1 is 1.06 bits per heavy atom. The summed E-state index contributed by atoms with van der Waals surface area (Å²) in [6.45, 7) is 0.294. The van der Waals surface area contributed by atoms with E-state index >= 15 is 0 Å². The lowest BCUT2D eigenvalue weighted by molar-refractivity contribution is 0.304. The maximum Gasteiger partial charge on any atom is 0.128 e. The van der Waals surface area contributed by atoms with Crippen molar-refractivity contribution in [1.82, 2.24) is 0 Å². The van der Waals surface area contributed by atoms with Crippen LogP contribution in [0.4, 0.5) is 4.39 Å². The molecule has 0 aromatic heterocycles. The largest absolute Gasteiger partial charge is 0.489 e. The molecule has 0 unspecified atom stereocenters. The predicted molar refractivity (Wildman–Crippen MR) is 77.6 cm³/mol. The molecule has 0 aliphatic carbocycles. The predicted octanol–water partition coefficient (Wildman–Crippen LogP) is 5.58. The highest BCUT2D eigenvalue weighted by molar-refractivity contribution is 9.10. The fourth-order valence-corrected chi connectivity index (χ4v) is 2.58. The van der Waals surface area contributed by atoms with Gasteiger partial charge in [0.2, 0.25) is 0 Å². The molecule has 0 bridgehead atoms. The second-order valence-electron chi connectivity index (χ2n) is 3.63. The lowest BCUT2D eigenvalue weighted by Crippen LogP contribution is -1.96. The summed E-state index contributed by atoms with van der Waals surface area (Å²) in [7, 11) is 0. The van der Waals surface area contributed by atoms with E-state index in [4.69, 9.17) is 16.3 Å². The Morgan fingerprint density at radius 3 is 2.50 bits per heavy atom.